The van der Waals surface area contributed by atoms with Crippen molar-refractivity contribution in [2.24, 2.45) is 0 Å². The molecule has 0 aliphatic carbocycles. The van der Waals surface area contributed by atoms with Gasteiger partial charge in [0.25, 0.3) is 0 Å². The first kappa shape index (κ1) is 15.6. The van der Waals surface area contributed by atoms with Gasteiger partial charge in [-0.2, -0.15) is 0 Å². The Morgan fingerprint density at radius 2 is 2.17 bits per heavy atom. The summed E-state index contributed by atoms with van der Waals surface area (Å²) in [6, 6.07) is 10.4. The van der Waals surface area contributed by atoms with Crippen LogP contribution in [0, 0.1) is 10.1 Å². The third kappa shape index (κ3) is 4.37. The smallest absolute Gasteiger partial charge is 0.375 e. The lowest BCUT2D eigenvalue weighted by molar-refractivity contribution is -0.389. The summed E-state index contributed by atoms with van der Waals surface area (Å²) in [5, 5.41) is 10.7. The first-order valence-corrected chi connectivity index (χ1v) is 7.75. The van der Waals surface area contributed by atoms with Gasteiger partial charge in [-0.25, -0.2) is 0 Å². The molecule has 0 bridgehead atoms. The maximum absolute atomic E-state index is 10.7. The van der Waals surface area contributed by atoms with Gasteiger partial charge in [-0.3, -0.25) is 4.90 Å². The van der Waals surface area contributed by atoms with E-state index in [-0.39, 0.29) is 11.9 Å². The molecule has 0 spiro atoms. The summed E-state index contributed by atoms with van der Waals surface area (Å²) in [6.45, 7) is 3.99. The van der Waals surface area contributed by atoms with Crippen molar-refractivity contribution in [1.82, 2.24) is 14.5 Å². The fraction of sp³-hybridized carbons (Fsp3) is 0.438. The highest BCUT2D eigenvalue weighted by Gasteiger charge is 2.20. The zero-order valence-electron chi connectivity index (χ0n) is 12.9. The minimum absolute atomic E-state index is 0.00927. The van der Waals surface area contributed by atoms with Crippen molar-refractivity contribution >= 4 is 5.82 Å². The number of nitrogens with zero attached hydrogens (tertiary/aromatic N) is 4. The highest BCUT2D eigenvalue weighted by Crippen LogP contribution is 2.13. The number of rotatable bonds is 5. The number of hydrogen-bond acceptors (Lipinski definition) is 5. The van der Waals surface area contributed by atoms with Crippen LogP contribution < -0.4 is 0 Å². The van der Waals surface area contributed by atoms with E-state index in [1.807, 2.05) is 18.2 Å². The molecule has 2 heterocycles. The number of aromatic nitrogens is 2. The Kier molecular flexibility index (Phi) is 4.99. The van der Waals surface area contributed by atoms with Gasteiger partial charge < -0.3 is 19.4 Å². The molecule has 1 saturated heterocycles. The molecule has 3 rings (SSSR count). The van der Waals surface area contributed by atoms with E-state index >= 15 is 0 Å². The topological polar surface area (TPSA) is 73.4 Å². The van der Waals surface area contributed by atoms with Crippen LogP contribution >= 0.6 is 0 Å². The van der Waals surface area contributed by atoms with Crippen LogP contribution in [0.4, 0.5) is 5.82 Å². The summed E-state index contributed by atoms with van der Waals surface area (Å²) >= 11 is 0. The predicted molar refractivity (Wildman–Crippen MR) is 85.0 cm³/mol. The fourth-order valence-corrected chi connectivity index (χ4v) is 2.84. The number of ether oxygens (including phenoxy) is 1. The first-order chi connectivity index (χ1) is 11.2. The monoisotopic (exact) mass is 316 g/mol. The summed E-state index contributed by atoms with van der Waals surface area (Å²) in [4.78, 5) is 16.4. The molecule has 7 nitrogen and oxygen atoms in total. The van der Waals surface area contributed by atoms with Crippen LogP contribution in [-0.4, -0.2) is 45.2 Å². The molecule has 23 heavy (non-hydrogen) atoms. The summed E-state index contributed by atoms with van der Waals surface area (Å²) in [5.41, 5.74) is 1.28. The maximum atomic E-state index is 10.7. The number of benzene rings is 1. The molecule has 0 radical (unpaired) electrons. The second-order valence-corrected chi connectivity index (χ2v) is 5.75. The molecule has 122 valence electrons. The van der Waals surface area contributed by atoms with Crippen LogP contribution in [0.15, 0.2) is 42.9 Å². The number of hydrogen-bond donors (Lipinski definition) is 0. The molecule has 1 aromatic heterocycles. The molecule has 2 aromatic rings. The molecule has 1 aromatic carbocycles. The lowest BCUT2D eigenvalue weighted by Gasteiger charge is -2.23. The average molecular weight is 316 g/mol. The summed E-state index contributed by atoms with van der Waals surface area (Å²) in [7, 11) is 0. The van der Waals surface area contributed by atoms with Crippen molar-refractivity contribution in [2.75, 3.05) is 19.7 Å². The molecule has 0 unspecified atom stereocenters. The van der Waals surface area contributed by atoms with Gasteiger partial charge in [0.1, 0.15) is 6.20 Å². The van der Waals surface area contributed by atoms with Crippen molar-refractivity contribution in [3.63, 3.8) is 0 Å². The molecule has 0 N–H and O–H groups in total. The predicted octanol–water partition coefficient (Wildman–Crippen LogP) is 2.08. The lowest BCUT2D eigenvalue weighted by atomic mass is 10.2. The molecule has 1 aliphatic rings. The van der Waals surface area contributed by atoms with Gasteiger partial charge in [0, 0.05) is 26.2 Å². The first-order valence-electron chi connectivity index (χ1n) is 7.75. The van der Waals surface area contributed by atoms with E-state index in [0.29, 0.717) is 13.2 Å². The van der Waals surface area contributed by atoms with E-state index in [1.165, 1.54) is 18.1 Å². The Morgan fingerprint density at radius 3 is 2.91 bits per heavy atom. The average Bonchev–Trinajstić information content (AvgIpc) is 2.90. The zero-order valence-corrected chi connectivity index (χ0v) is 12.9. The van der Waals surface area contributed by atoms with E-state index < -0.39 is 4.92 Å². The number of imidazole rings is 1. The largest absolute Gasteiger partial charge is 0.381 e. The van der Waals surface area contributed by atoms with Crippen LogP contribution in [0.3, 0.4) is 0 Å². The lowest BCUT2D eigenvalue weighted by Crippen LogP contribution is -2.33. The molecule has 0 saturated carbocycles. The second kappa shape index (κ2) is 7.34. The summed E-state index contributed by atoms with van der Waals surface area (Å²) in [5.74, 6) is -0.125. The molecule has 0 amide bonds. The minimum atomic E-state index is -0.480. The van der Waals surface area contributed by atoms with E-state index in [1.54, 1.807) is 4.57 Å². The van der Waals surface area contributed by atoms with Crippen LogP contribution in [0.5, 0.6) is 0 Å². The highest BCUT2D eigenvalue weighted by atomic mass is 16.6. The molecular formula is C16H20N4O3. The van der Waals surface area contributed by atoms with Gasteiger partial charge in [-0.05, 0) is 21.9 Å². The van der Waals surface area contributed by atoms with Crippen molar-refractivity contribution in [1.29, 1.82) is 0 Å². The third-order valence-corrected chi connectivity index (χ3v) is 3.90. The zero-order chi connectivity index (χ0) is 16.1. The van der Waals surface area contributed by atoms with Crippen LogP contribution in [0.2, 0.25) is 0 Å². The SMILES string of the molecule is O=[N+]([O-])c1cn(C[C@H]2CN(Cc3ccccc3)CCCO2)cn1. The van der Waals surface area contributed by atoms with E-state index in [4.69, 9.17) is 4.74 Å². The molecular weight excluding hydrogens is 296 g/mol. The van der Waals surface area contributed by atoms with Gasteiger partial charge in [-0.1, -0.05) is 30.3 Å². The minimum Gasteiger partial charge on any atom is -0.375 e. The Morgan fingerprint density at radius 1 is 1.35 bits per heavy atom. The number of nitro groups is 1. The van der Waals surface area contributed by atoms with Gasteiger partial charge in [0.05, 0.1) is 12.6 Å². The van der Waals surface area contributed by atoms with Crippen LogP contribution in [-0.2, 0) is 17.8 Å². The van der Waals surface area contributed by atoms with E-state index in [0.717, 1.165) is 26.1 Å². The standard InChI is InChI=1S/C16H20N4O3/c21-20(22)16-12-19(13-17-16)11-15-10-18(7-4-8-23-15)9-14-5-2-1-3-6-14/h1-3,5-6,12-13,15H,4,7-11H2/t15-/m1/s1. The fourth-order valence-electron chi connectivity index (χ4n) is 2.84. The Hall–Kier alpha value is -2.25. The van der Waals surface area contributed by atoms with Crippen LogP contribution in [0.1, 0.15) is 12.0 Å². The molecule has 1 fully saturated rings. The highest BCUT2D eigenvalue weighted by molar-refractivity contribution is 5.14. The molecule has 1 aliphatic heterocycles. The third-order valence-electron chi connectivity index (χ3n) is 3.90. The van der Waals surface area contributed by atoms with Crippen molar-refractivity contribution in [2.45, 2.75) is 25.6 Å². The van der Waals surface area contributed by atoms with Gasteiger partial charge in [0.15, 0.2) is 0 Å². The van der Waals surface area contributed by atoms with Crippen molar-refractivity contribution in [3.05, 3.63) is 58.5 Å². The van der Waals surface area contributed by atoms with E-state index in [2.05, 4.69) is 22.0 Å². The van der Waals surface area contributed by atoms with Crippen molar-refractivity contribution < 1.29 is 9.66 Å². The summed E-state index contributed by atoms with van der Waals surface area (Å²) in [6.07, 6.45) is 3.95. The normalized spacial score (nSPS) is 19.4. The summed E-state index contributed by atoms with van der Waals surface area (Å²) < 4.78 is 7.62. The van der Waals surface area contributed by atoms with E-state index in [9.17, 15) is 10.1 Å². The Bertz CT molecular complexity index is 644. The van der Waals surface area contributed by atoms with Crippen molar-refractivity contribution in [3.8, 4) is 0 Å². The second-order valence-electron chi connectivity index (χ2n) is 5.75. The Balaban J connectivity index is 1.61. The maximum Gasteiger partial charge on any atom is 0.381 e. The quantitative estimate of drug-likeness (QED) is 0.624. The van der Waals surface area contributed by atoms with Crippen LogP contribution in [0.25, 0.3) is 0 Å². The Labute approximate surface area is 134 Å². The molecule has 1 atom stereocenters. The van der Waals surface area contributed by atoms with Gasteiger partial charge in [0.2, 0.25) is 6.33 Å². The van der Waals surface area contributed by atoms with Gasteiger partial charge in [-0.15, -0.1) is 0 Å². The molecule has 7 heteroatoms. The van der Waals surface area contributed by atoms with Gasteiger partial charge >= 0.3 is 5.82 Å².